The molecule has 20 heavy (non-hydrogen) atoms. The Morgan fingerprint density at radius 1 is 0.600 bits per heavy atom. The van der Waals surface area contributed by atoms with Crippen LogP contribution < -0.4 is 0 Å². The molecule has 0 aliphatic rings. The minimum absolute atomic E-state index is 1.42. The van der Waals surface area contributed by atoms with E-state index in [0.717, 1.165) is 0 Å². The molecule has 0 fully saturated rings. The van der Waals surface area contributed by atoms with Gasteiger partial charge in [0.15, 0.2) is 0 Å². The molecule has 0 saturated heterocycles. The monoisotopic (exact) mass is 434 g/mol. The van der Waals surface area contributed by atoms with E-state index in [-0.39, 0.29) is 0 Å². The van der Waals surface area contributed by atoms with Gasteiger partial charge in [0, 0.05) is 0 Å². The Bertz CT molecular complexity index is 142. The molecule has 0 amide bonds. The third kappa shape index (κ3) is 14.3. The topological polar surface area (TPSA) is 9.23 Å². The molecule has 0 radical (unpaired) electrons. The van der Waals surface area contributed by atoms with Gasteiger partial charge >= 0.3 is 115 Å². The van der Waals surface area contributed by atoms with Crippen LogP contribution in [0.4, 0.5) is 0 Å². The van der Waals surface area contributed by atoms with Crippen LogP contribution in [0.5, 0.6) is 0 Å². The zero-order chi connectivity index (χ0) is 15.7. The SMILES string of the molecule is CCC[CH2][Sn]([CH2]CCC)([CH2]CCC)[CH2]CCC.ClOCl. The Labute approximate surface area is 142 Å². The van der Waals surface area contributed by atoms with Crippen molar-refractivity contribution in [2.24, 2.45) is 0 Å². The Morgan fingerprint density at radius 2 is 0.800 bits per heavy atom. The molecule has 0 rings (SSSR count). The van der Waals surface area contributed by atoms with Gasteiger partial charge in [0.2, 0.25) is 0 Å². The van der Waals surface area contributed by atoms with Gasteiger partial charge in [-0.3, -0.25) is 0 Å². The van der Waals surface area contributed by atoms with Gasteiger partial charge in [-0.05, 0) is 0 Å². The van der Waals surface area contributed by atoms with Crippen LogP contribution >= 0.6 is 23.7 Å². The van der Waals surface area contributed by atoms with Crippen LogP contribution in [0.2, 0.25) is 17.7 Å². The van der Waals surface area contributed by atoms with E-state index < -0.39 is 18.4 Å². The van der Waals surface area contributed by atoms with Gasteiger partial charge in [0.05, 0.1) is 23.7 Å². The van der Waals surface area contributed by atoms with Gasteiger partial charge in [0.25, 0.3) is 0 Å². The second-order valence-corrected chi connectivity index (χ2v) is 20.7. The third-order valence-corrected chi connectivity index (χ3v) is 20.4. The summed E-state index contributed by atoms with van der Waals surface area (Å²) in [6.07, 6.45) is 11.8. The fourth-order valence-corrected chi connectivity index (χ4v) is 19.8. The van der Waals surface area contributed by atoms with E-state index in [9.17, 15) is 0 Å². The minimum Gasteiger partial charge on any atom is -0.166 e. The van der Waals surface area contributed by atoms with Crippen molar-refractivity contribution in [2.45, 2.75) is 96.8 Å². The summed E-state index contributed by atoms with van der Waals surface area (Å²) in [4.78, 5) is 0. The third-order valence-electron chi connectivity index (χ3n) is 4.24. The molecule has 0 aromatic carbocycles. The van der Waals surface area contributed by atoms with Crippen LogP contribution in [0, 0.1) is 0 Å². The average molecular weight is 434 g/mol. The molecule has 1 nitrogen and oxygen atoms in total. The fourth-order valence-electron chi connectivity index (χ4n) is 2.96. The van der Waals surface area contributed by atoms with Crippen LogP contribution in [-0.2, 0) is 3.84 Å². The van der Waals surface area contributed by atoms with E-state index in [0.29, 0.717) is 0 Å². The zero-order valence-corrected chi connectivity index (χ0v) is 18.5. The molecule has 0 saturated carbocycles. The van der Waals surface area contributed by atoms with Crippen molar-refractivity contribution in [1.29, 1.82) is 0 Å². The maximum Gasteiger partial charge on any atom is 0.0832 e. The zero-order valence-electron chi connectivity index (χ0n) is 14.1. The molecule has 0 aromatic rings. The van der Waals surface area contributed by atoms with Crippen molar-refractivity contribution >= 4 is 42.1 Å². The first-order chi connectivity index (χ1) is 9.66. The summed E-state index contributed by atoms with van der Waals surface area (Å²) in [7, 11) is 0. The van der Waals surface area contributed by atoms with Gasteiger partial charge < -0.3 is 0 Å². The maximum atomic E-state index is 4.26. The van der Waals surface area contributed by atoms with Crippen molar-refractivity contribution in [3.05, 3.63) is 0 Å². The van der Waals surface area contributed by atoms with Gasteiger partial charge in [-0.15, -0.1) is 0 Å². The van der Waals surface area contributed by atoms with Crippen LogP contribution in [-0.4, -0.2) is 18.4 Å². The molecule has 0 aliphatic carbocycles. The second kappa shape index (κ2) is 18.4. The van der Waals surface area contributed by atoms with E-state index in [2.05, 4.69) is 55.3 Å². The number of unbranched alkanes of at least 4 members (excludes halogenated alkanes) is 4. The van der Waals surface area contributed by atoms with E-state index >= 15 is 0 Å². The van der Waals surface area contributed by atoms with Crippen molar-refractivity contribution in [2.75, 3.05) is 0 Å². The summed E-state index contributed by atoms with van der Waals surface area (Å²) >= 11 is 6.84. The first-order valence-electron chi connectivity index (χ1n) is 8.55. The Kier molecular flexibility index (Phi) is 21.7. The molecule has 0 aliphatic heterocycles. The fraction of sp³-hybridized carbons (Fsp3) is 1.00. The standard InChI is InChI=1S/4C4H9.Cl2O.Sn/c4*1-3-4-2;1-3-2;/h4*1,3-4H2,2H3;;. The molecule has 0 bridgehead atoms. The summed E-state index contributed by atoms with van der Waals surface area (Å²) < 4.78 is 9.99. The molecule has 0 atom stereocenters. The Hall–Kier alpha value is 1.34. The molecule has 0 aromatic heterocycles. The maximum absolute atomic E-state index is 4.26. The predicted octanol–water partition coefficient (Wildman–Crippen LogP) is 7.95. The molecular formula is C16H36Cl2OSn. The van der Waals surface area contributed by atoms with E-state index in [1.54, 1.807) is 17.7 Å². The first-order valence-corrected chi connectivity index (χ1v) is 17.2. The molecule has 4 heteroatoms. The number of rotatable bonds is 12. The normalized spacial score (nSPS) is 11.1. The van der Waals surface area contributed by atoms with E-state index in [1.807, 2.05) is 0 Å². The summed E-state index contributed by atoms with van der Waals surface area (Å²) in [6, 6.07) is 0. The summed E-state index contributed by atoms with van der Waals surface area (Å²) in [5.74, 6) is 0. The Balaban J connectivity index is 0. The second-order valence-electron chi connectivity index (χ2n) is 5.97. The summed E-state index contributed by atoms with van der Waals surface area (Å²) in [6.45, 7) is 9.48. The summed E-state index contributed by atoms with van der Waals surface area (Å²) in [5.41, 5.74) is 0. The van der Waals surface area contributed by atoms with Crippen molar-refractivity contribution < 1.29 is 3.84 Å². The first kappa shape index (κ1) is 23.6. The van der Waals surface area contributed by atoms with Crippen LogP contribution in [0.1, 0.15) is 79.1 Å². The van der Waals surface area contributed by atoms with Gasteiger partial charge in [-0.1, -0.05) is 0 Å². The van der Waals surface area contributed by atoms with Gasteiger partial charge in [-0.25, -0.2) is 0 Å². The van der Waals surface area contributed by atoms with Crippen LogP contribution in [0.3, 0.4) is 0 Å². The molecule has 0 spiro atoms. The largest absolute Gasteiger partial charge is 0.166 e. The molecule has 124 valence electrons. The van der Waals surface area contributed by atoms with Crippen LogP contribution in [0.25, 0.3) is 0 Å². The van der Waals surface area contributed by atoms with E-state index in [4.69, 9.17) is 0 Å². The van der Waals surface area contributed by atoms with Crippen molar-refractivity contribution in [1.82, 2.24) is 0 Å². The number of hydrogen-bond donors (Lipinski definition) is 0. The van der Waals surface area contributed by atoms with Crippen molar-refractivity contribution in [3.8, 4) is 0 Å². The Morgan fingerprint density at radius 3 is 0.950 bits per heavy atom. The number of halogens is 2. The molecule has 0 N–H and O–H groups in total. The van der Waals surface area contributed by atoms with Crippen molar-refractivity contribution in [3.63, 3.8) is 0 Å². The molecular weight excluding hydrogens is 398 g/mol. The van der Waals surface area contributed by atoms with E-state index in [1.165, 1.54) is 51.4 Å². The van der Waals surface area contributed by atoms with Gasteiger partial charge in [-0.2, -0.15) is 3.84 Å². The minimum atomic E-state index is -1.69. The summed E-state index contributed by atoms with van der Waals surface area (Å²) in [5, 5.41) is 0. The predicted molar refractivity (Wildman–Crippen MR) is 97.4 cm³/mol. The molecule has 0 unspecified atom stereocenters. The number of hydrogen-bond acceptors (Lipinski definition) is 1. The quantitative estimate of drug-likeness (QED) is 0.284. The smallest absolute Gasteiger partial charge is 0.0832 e. The average Bonchev–Trinajstić information content (AvgIpc) is 2.46. The molecule has 0 heterocycles. The van der Waals surface area contributed by atoms with Gasteiger partial charge in [0.1, 0.15) is 0 Å². The van der Waals surface area contributed by atoms with Crippen LogP contribution in [0.15, 0.2) is 0 Å².